The molecule has 0 saturated heterocycles. The zero-order valence-electron chi connectivity index (χ0n) is 21.8. The largest absolute Gasteiger partial charge is 0.489 e. The highest BCUT2D eigenvalue weighted by atomic mass is 32.2. The second-order valence-corrected chi connectivity index (χ2v) is 10.3. The van der Waals surface area contributed by atoms with Crippen molar-refractivity contribution in [2.75, 3.05) is 16.4 Å². The summed E-state index contributed by atoms with van der Waals surface area (Å²) in [5.74, 6) is 2.01. The predicted octanol–water partition coefficient (Wildman–Crippen LogP) is 6.60. The molecule has 1 aliphatic rings. The maximum Gasteiger partial charge on any atom is 0.255 e. The van der Waals surface area contributed by atoms with E-state index in [2.05, 4.69) is 17.6 Å². The summed E-state index contributed by atoms with van der Waals surface area (Å²) in [7, 11) is 0. The first-order valence-electron chi connectivity index (χ1n) is 12.7. The number of thioether (sulfide) groups is 1. The van der Waals surface area contributed by atoms with E-state index in [9.17, 15) is 4.79 Å². The normalized spacial score (nSPS) is 14.6. The first-order chi connectivity index (χ1) is 18.5. The van der Waals surface area contributed by atoms with Gasteiger partial charge >= 0.3 is 0 Å². The number of anilines is 2. The molecule has 1 aliphatic heterocycles. The molecule has 0 aliphatic carbocycles. The van der Waals surface area contributed by atoms with Crippen LogP contribution in [0, 0.1) is 6.92 Å². The van der Waals surface area contributed by atoms with Crippen LogP contribution in [0.2, 0.25) is 0 Å². The van der Waals surface area contributed by atoms with Gasteiger partial charge in [-0.05, 0) is 44.0 Å². The standard InChI is InChI=1S/C30H31N5O2S/c1-4-18-38-30-33-29-31-21(3)26(28(36)32-23-16-14-20(2)15-17-23)27(35(29)34-30)24-12-8-9-13-25(24)37-19-22-10-6-5-7-11-22/h5-17,27H,4,18-19H2,1-3H3,(H,32,36)(H,31,33,34). The van der Waals surface area contributed by atoms with Crippen molar-refractivity contribution in [3.05, 3.63) is 107 Å². The van der Waals surface area contributed by atoms with Crippen LogP contribution in [0.5, 0.6) is 5.75 Å². The highest BCUT2D eigenvalue weighted by Gasteiger charge is 2.36. The molecule has 0 spiro atoms. The molecular formula is C30H31N5O2S. The summed E-state index contributed by atoms with van der Waals surface area (Å²) in [5.41, 5.74) is 5.06. The van der Waals surface area contributed by atoms with Gasteiger partial charge in [-0.2, -0.15) is 4.98 Å². The Morgan fingerprint density at radius 1 is 1.03 bits per heavy atom. The summed E-state index contributed by atoms with van der Waals surface area (Å²) in [6.45, 7) is 6.47. The van der Waals surface area contributed by atoms with Crippen LogP contribution < -0.4 is 15.4 Å². The van der Waals surface area contributed by atoms with Crippen LogP contribution in [0.3, 0.4) is 0 Å². The Balaban J connectivity index is 1.54. The van der Waals surface area contributed by atoms with E-state index in [-0.39, 0.29) is 5.91 Å². The number of nitrogens with zero attached hydrogens (tertiary/aromatic N) is 3. The van der Waals surface area contributed by atoms with Crippen molar-refractivity contribution in [3.63, 3.8) is 0 Å². The number of para-hydroxylation sites is 1. The molecule has 2 N–H and O–H groups in total. The number of aromatic nitrogens is 3. The van der Waals surface area contributed by atoms with Gasteiger partial charge in [-0.1, -0.05) is 84.9 Å². The zero-order chi connectivity index (χ0) is 26.5. The molecule has 4 aromatic rings. The maximum absolute atomic E-state index is 13.8. The van der Waals surface area contributed by atoms with E-state index in [1.165, 1.54) is 0 Å². The first-order valence-corrected chi connectivity index (χ1v) is 13.7. The number of allylic oxidation sites excluding steroid dienone is 1. The van der Waals surface area contributed by atoms with Crippen LogP contribution >= 0.6 is 11.8 Å². The summed E-state index contributed by atoms with van der Waals surface area (Å²) in [6, 6.07) is 25.1. The van der Waals surface area contributed by atoms with Crippen LogP contribution in [-0.2, 0) is 11.4 Å². The topological polar surface area (TPSA) is 81.1 Å². The van der Waals surface area contributed by atoms with E-state index in [4.69, 9.17) is 14.8 Å². The van der Waals surface area contributed by atoms with Gasteiger partial charge in [0.15, 0.2) is 0 Å². The van der Waals surface area contributed by atoms with Crippen LogP contribution in [0.25, 0.3) is 0 Å². The van der Waals surface area contributed by atoms with Crippen LogP contribution in [0.4, 0.5) is 11.6 Å². The van der Waals surface area contributed by atoms with Crippen molar-refractivity contribution in [2.45, 2.75) is 45.0 Å². The van der Waals surface area contributed by atoms with Crippen molar-refractivity contribution in [2.24, 2.45) is 0 Å². The molecule has 7 nitrogen and oxygen atoms in total. The van der Waals surface area contributed by atoms with Gasteiger partial charge in [0.1, 0.15) is 18.4 Å². The molecule has 8 heteroatoms. The van der Waals surface area contributed by atoms with Crippen molar-refractivity contribution >= 4 is 29.3 Å². The summed E-state index contributed by atoms with van der Waals surface area (Å²) in [4.78, 5) is 18.5. The molecule has 0 radical (unpaired) electrons. The molecule has 1 unspecified atom stereocenters. The quantitative estimate of drug-likeness (QED) is 0.240. The Morgan fingerprint density at radius 3 is 2.53 bits per heavy atom. The molecule has 3 aromatic carbocycles. The Hall–Kier alpha value is -4.04. The lowest BCUT2D eigenvalue weighted by atomic mass is 9.94. The molecule has 0 saturated carbocycles. The molecule has 5 rings (SSSR count). The summed E-state index contributed by atoms with van der Waals surface area (Å²) in [6.07, 6.45) is 1.02. The number of hydrogen-bond donors (Lipinski definition) is 2. The summed E-state index contributed by atoms with van der Waals surface area (Å²) < 4.78 is 8.12. The van der Waals surface area contributed by atoms with Gasteiger partial charge in [-0.25, -0.2) is 4.68 Å². The lowest BCUT2D eigenvalue weighted by Crippen LogP contribution is -2.31. The first kappa shape index (κ1) is 25.6. The second-order valence-electron chi connectivity index (χ2n) is 9.21. The number of ether oxygens (including phenoxy) is 1. The molecule has 38 heavy (non-hydrogen) atoms. The third-order valence-corrected chi connectivity index (χ3v) is 7.32. The molecule has 1 amide bonds. The highest BCUT2D eigenvalue weighted by Crippen LogP contribution is 2.40. The molecule has 194 valence electrons. The van der Waals surface area contributed by atoms with E-state index in [0.29, 0.717) is 29.0 Å². The van der Waals surface area contributed by atoms with Gasteiger partial charge in [0.25, 0.3) is 5.91 Å². The van der Waals surface area contributed by atoms with Gasteiger partial charge in [0, 0.05) is 22.7 Å². The number of benzene rings is 3. The Morgan fingerprint density at radius 2 is 1.76 bits per heavy atom. The Kier molecular flexibility index (Phi) is 7.79. The number of carbonyl (C=O) groups is 1. The van der Waals surface area contributed by atoms with Crippen molar-refractivity contribution in [1.29, 1.82) is 0 Å². The third kappa shape index (κ3) is 5.60. The van der Waals surface area contributed by atoms with Gasteiger partial charge in [0.2, 0.25) is 11.1 Å². The molecular weight excluding hydrogens is 494 g/mol. The molecule has 0 bridgehead atoms. The molecule has 1 aromatic heterocycles. The fraction of sp³-hybridized carbons (Fsp3) is 0.233. The summed E-state index contributed by atoms with van der Waals surface area (Å²) in [5, 5.41) is 11.9. The number of nitrogens with one attached hydrogen (secondary N) is 2. The van der Waals surface area contributed by atoms with Crippen LogP contribution in [0.15, 0.2) is 95.3 Å². The van der Waals surface area contributed by atoms with Gasteiger partial charge in [0.05, 0.1) is 5.57 Å². The number of carbonyl (C=O) groups excluding carboxylic acids is 1. The minimum absolute atomic E-state index is 0.203. The smallest absolute Gasteiger partial charge is 0.255 e. The minimum atomic E-state index is -0.521. The number of hydrogen-bond acceptors (Lipinski definition) is 6. The Labute approximate surface area is 227 Å². The average molecular weight is 526 g/mol. The van der Waals surface area contributed by atoms with Crippen molar-refractivity contribution < 1.29 is 9.53 Å². The Bertz CT molecular complexity index is 1450. The van der Waals surface area contributed by atoms with Gasteiger partial charge < -0.3 is 15.4 Å². The molecule has 0 fully saturated rings. The van der Waals surface area contributed by atoms with Crippen molar-refractivity contribution in [3.8, 4) is 5.75 Å². The monoisotopic (exact) mass is 525 g/mol. The fourth-order valence-corrected chi connectivity index (χ4v) is 5.06. The zero-order valence-corrected chi connectivity index (χ0v) is 22.6. The SMILES string of the molecule is CCCSc1nc2n(n1)C(c1ccccc1OCc1ccccc1)C(C(=O)Nc1ccc(C)cc1)=C(C)N2. The van der Waals surface area contributed by atoms with Crippen LogP contribution in [-0.4, -0.2) is 26.4 Å². The van der Waals surface area contributed by atoms with E-state index in [1.54, 1.807) is 16.4 Å². The lowest BCUT2D eigenvalue weighted by molar-refractivity contribution is -0.113. The second kappa shape index (κ2) is 11.6. The highest BCUT2D eigenvalue weighted by molar-refractivity contribution is 7.99. The number of fused-ring (bicyclic) bond motifs is 1. The lowest BCUT2D eigenvalue weighted by Gasteiger charge is -2.29. The van der Waals surface area contributed by atoms with Crippen molar-refractivity contribution in [1.82, 2.24) is 14.8 Å². The van der Waals surface area contributed by atoms with E-state index < -0.39 is 6.04 Å². The third-order valence-electron chi connectivity index (χ3n) is 6.27. The van der Waals surface area contributed by atoms with E-state index in [1.807, 2.05) is 92.7 Å². The fourth-order valence-electron chi connectivity index (χ4n) is 4.38. The average Bonchev–Trinajstić information content (AvgIpc) is 3.34. The number of amides is 1. The summed E-state index contributed by atoms with van der Waals surface area (Å²) >= 11 is 1.60. The number of aryl methyl sites for hydroxylation is 1. The van der Waals surface area contributed by atoms with Gasteiger partial charge in [-0.3, -0.25) is 4.79 Å². The molecule has 2 heterocycles. The van der Waals surface area contributed by atoms with Gasteiger partial charge in [-0.15, -0.1) is 5.10 Å². The van der Waals surface area contributed by atoms with E-state index in [0.717, 1.165) is 40.2 Å². The van der Waals surface area contributed by atoms with E-state index >= 15 is 0 Å². The number of rotatable bonds is 9. The maximum atomic E-state index is 13.8. The van der Waals surface area contributed by atoms with Crippen LogP contribution in [0.1, 0.15) is 43.0 Å². The predicted molar refractivity (Wildman–Crippen MR) is 153 cm³/mol. The molecule has 1 atom stereocenters. The minimum Gasteiger partial charge on any atom is -0.489 e.